The zero-order valence-corrected chi connectivity index (χ0v) is 24.7. The van der Waals surface area contributed by atoms with Gasteiger partial charge in [-0.3, -0.25) is 4.79 Å². The van der Waals surface area contributed by atoms with E-state index in [1.54, 1.807) is 24.7 Å². The molecule has 1 fully saturated rings. The molecule has 2 aliphatic rings. The van der Waals surface area contributed by atoms with Crippen molar-refractivity contribution in [1.82, 2.24) is 19.7 Å². The molecule has 0 amide bonds. The maximum absolute atomic E-state index is 11.4. The van der Waals surface area contributed by atoms with Gasteiger partial charge in [-0.2, -0.15) is 9.67 Å². The van der Waals surface area contributed by atoms with Gasteiger partial charge in [0.05, 0.1) is 11.1 Å². The molecule has 2 aromatic rings. The normalized spacial score (nSPS) is 19.7. The van der Waals surface area contributed by atoms with Crippen LogP contribution >= 0.6 is 0 Å². The lowest BCUT2D eigenvalue weighted by atomic mass is 9.95. The highest BCUT2D eigenvalue weighted by molar-refractivity contribution is 6.77. The summed E-state index contributed by atoms with van der Waals surface area (Å²) in [4.78, 5) is 20.5. The molecule has 3 heterocycles. The average molecular weight is 554 g/mol. The van der Waals surface area contributed by atoms with E-state index in [9.17, 15) is 9.90 Å². The van der Waals surface area contributed by atoms with Crippen LogP contribution in [-0.4, -0.2) is 64.1 Å². The van der Waals surface area contributed by atoms with E-state index in [-0.39, 0.29) is 12.7 Å². The molecule has 0 saturated heterocycles. The van der Waals surface area contributed by atoms with E-state index in [2.05, 4.69) is 18.1 Å². The fraction of sp³-hybridized carbons (Fsp3) is 0.536. The third kappa shape index (κ3) is 7.21. The van der Waals surface area contributed by atoms with Gasteiger partial charge in [0.25, 0.3) is 0 Å². The summed E-state index contributed by atoms with van der Waals surface area (Å²) in [6.07, 6.45) is 11.2. The highest BCUT2D eigenvalue weighted by atomic mass is 28.3. The second kappa shape index (κ2) is 11.8. The summed E-state index contributed by atoms with van der Waals surface area (Å²) in [7, 11) is -1.98. The molecule has 1 aliphatic heterocycles. The number of carbonyl (C=O) groups is 1. The molecule has 0 atom stereocenters. The summed E-state index contributed by atoms with van der Waals surface area (Å²) >= 11 is 0. The van der Waals surface area contributed by atoms with Crippen LogP contribution in [0.3, 0.4) is 0 Å². The highest BCUT2D eigenvalue weighted by Crippen LogP contribution is 2.27. The molecule has 210 valence electrons. The van der Waals surface area contributed by atoms with E-state index in [0.717, 1.165) is 41.3 Å². The van der Waals surface area contributed by atoms with Gasteiger partial charge < -0.3 is 24.0 Å². The molecule has 11 heteroatoms. The van der Waals surface area contributed by atoms with Crippen molar-refractivity contribution in [3.63, 3.8) is 0 Å². The van der Waals surface area contributed by atoms with Gasteiger partial charge in [0.15, 0.2) is 8.24 Å². The first-order valence-corrected chi connectivity index (χ1v) is 16.6. The van der Waals surface area contributed by atoms with Gasteiger partial charge >= 0.3 is 12.0 Å². The Labute approximate surface area is 230 Å². The van der Waals surface area contributed by atoms with Crippen LogP contribution in [0.4, 0.5) is 0 Å². The number of carboxylic acid groups (broad SMARTS) is 1. The molecule has 0 aromatic carbocycles. The Balaban J connectivity index is 1.59. The van der Waals surface area contributed by atoms with E-state index < -0.39 is 19.6 Å². The fourth-order valence-electron chi connectivity index (χ4n) is 4.00. The molecule has 2 bridgehead atoms. The zero-order valence-electron chi connectivity index (χ0n) is 23.7. The van der Waals surface area contributed by atoms with Gasteiger partial charge in [-0.1, -0.05) is 12.2 Å². The van der Waals surface area contributed by atoms with Gasteiger partial charge in [0.2, 0.25) is 11.7 Å². The van der Waals surface area contributed by atoms with E-state index >= 15 is 0 Å². The van der Waals surface area contributed by atoms with E-state index in [4.69, 9.17) is 29.0 Å². The standard InChI is InChI=1S/C28H39N5O5Si/c1-7-20(22-16-29-24(15-19(22)2)37-17-28(3,4)26(34)35)11-12-23-25-30-27(38-21-9-8-10-21)33(31-25)18-36-13-14-39(5,6)32-23/h7,11-12,15-16,21H,8-10,13-14,17-18H2,1-6H3,(H,34,35)/b12-11-,20-7+,32-23-. The number of aromatic nitrogens is 4. The maximum atomic E-state index is 11.4. The number of aliphatic carboxylic acids is 1. The number of hydrogen-bond acceptors (Lipinski definition) is 8. The van der Waals surface area contributed by atoms with Crippen LogP contribution in [0.5, 0.6) is 11.9 Å². The molecule has 10 nitrogen and oxygen atoms in total. The number of rotatable bonds is 9. The van der Waals surface area contributed by atoms with Crippen molar-refractivity contribution in [3.05, 3.63) is 47.4 Å². The summed E-state index contributed by atoms with van der Waals surface area (Å²) in [5, 5.41) is 14.0. The Morgan fingerprint density at radius 1 is 1.33 bits per heavy atom. The van der Waals surface area contributed by atoms with Crippen LogP contribution in [0.25, 0.3) is 5.57 Å². The molecule has 0 unspecified atom stereocenters. The van der Waals surface area contributed by atoms with Gasteiger partial charge in [0, 0.05) is 24.4 Å². The summed E-state index contributed by atoms with van der Waals surface area (Å²) in [5.74, 6) is 0.00704. The third-order valence-electron chi connectivity index (χ3n) is 6.97. The highest BCUT2D eigenvalue weighted by Gasteiger charge is 2.29. The number of nitrogens with zero attached hydrogens (tertiary/aromatic N) is 5. The molecule has 39 heavy (non-hydrogen) atoms. The van der Waals surface area contributed by atoms with Crippen molar-refractivity contribution in [2.75, 3.05) is 13.2 Å². The number of carboxylic acids is 1. The number of allylic oxidation sites excluding steroid dienone is 4. The Morgan fingerprint density at radius 3 is 2.74 bits per heavy atom. The Morgan fingerprint density at radius 2 is 2.10 bits per heavy atom. The molecule has 4 rings (SSSR count). The summed E-state index contributed by atoms with van der Waals surface area (Å²) < 4.78 is 24.5. The van der Waals surface area contributed by atoms with E-state index in [1.807, 2.05) is 38.1 Å². The summed E-state index contributed by atoms with van der Waals surface area (Å²) in [6.45, 7) is 12.6. The first-order valence-electron chi connectivity index (χ1n) is 13.4. The molecule has 1 aliphatic carbocycles. The molecule has 1 saturated carbocycles. The summed E-state index contributed by atoms with van der Waals surface area (Å²) in [6, 6.07) is 3.20. The minimum Gasteiger partial charge on any atom is -0.481 e. The van der Waals surface area contributed by atoms with Crippen LogP contribution < -0.4 is 9.47 Å². The number of ether oxygens (including phenoxy) is 3. The topological polar surface area (TPSA) is 121 Å². The quantitative estimate of drug-likeness (QED) is 0.338. The Bertz CT molecular complexity index is 1290. The predicted octanol–water partition coefficient (Wildman–Crippen LogP) is 5.04. The van der Waals surface area contributed by atoms with Crippen LogP contribution in [0.15, 0.2) is 35.1 Å². The van der Waals surface area contributed by atoms with Crippen LogP contribution in [0.2, 0.25) is 19.1 Å². The van der Waals surface area contributed by atoms with E-state index in [0.29, 0.717) is 31.1 Å². The minimum atomic E-state index is -1.98. The van der Waals surface area contributed by atoms with Crippen molar-refractivity contribution in [2.45, 2.75) is 78.9 Å². The predicted molar refractivity (Wildman–Crippen MR) is 152 cm³/mol. The average Bonchev–Trinajstić information content (AvgIpc) is 3.25. The number of hydrogen-bond donors (Lipinski definition) is 1. The van der Waals surface area contributed by atoms with Gasteiger partial charge in [-0.05, 0) is 83.3 Å². The monoisotopic (exact) mass is 553 g/mol. The smallest absolute Gasteiger partial charge is 0.317 e. The largest absolute Gasteiger partial charge is 0.481 e. The van der Waals surface area contributed by atoms with Crippen LogP contribution in [0.1, 0.15) is 57.0 Å². The van der Waals surface area contributed by atoms with Crippen molar-refractivity contribution in [2.24, 2.45) is 10.1 Å². The molecule has 0 spiro atoms. The lowest BCUT2D eigenvalue weighted by Gasteiger charge is -2.25. The molecular weight excluding hydrogens is 514 g/mol. The third-order valence-corrected chi connectivity index (χ3v) is 9.25. The fourth-order valence-corrected chi connectivity index (χ4v) is 5.58. The molecule has 0 radical (unpaired) electrons. The number of pyridine rings is 1. The minimum absolute atomic E-state index is 0.0289. The van der Waals surface area contributed by atoms with Crippen LogP contribution in [0, 0.1) is 12.3 Å². The SMILES string of the molecule is C\C=C(/C=C\C1=N\[Si](C)(C)CCOCn2nc1nc2OC1CCC1)c1cnc(OCC(C)(C)C(=O)O)cc1C. The Hall–Kier alpha value is -3.31. The lowest BCUT2D eigenvalue weighted by Crippen LogP contribution is -2.30. The van der Waals surface area contributed by atoms with Crippen molar-refractivity contribution >= 4 is 25.5 Å². The first-order chi connectivity index (χ1) is 18.5. The summed E-state index contributed by atoms with van der Waals surface area (Å²) in [5.41, 5.74) is 2.59. The first kappa shape index (κ1) is 28.7. The van der Waals surface area contributed by atoms with E-state index in [1.165, 1.54) is 6.42 Å². The Kier molecular flexibility index (Phi) is 8.70. The number of fused-ring (bicyclic) bond motifs is 2. The lowest BCUT2D eigenvalue weighted by molar-refractivity contribution is -0.148. The van der Waals surface area contributed by atoms with Crippen molar-refractivity contribution < 1.29 is 24.1 Å². The van der Waals surface area contributed by atoms with Crippen LogP contribution in [-0.2, 0) is 16.3 Å². The maximum Gasteiger partial charge on any atom is 0.317 e. The molecule has 1 N–H and O–H groups in total. The zero-order chi connectivity index (χ0) is 28.2. The molecule has 2 aromatic heterocycles. The van der Waals surface area contributed by atoms with Crippen molar-refractivity contribution in [1.29, 1.82) is 0 Å². The van der Waals surface area contributed by atoms with Gasteiger partial charge in [-0.25, -0.2) is 4.98 Å². The van der Waals surface area contributed by atoms with Gasteiger partial charge in [-0.15, -0.1) is 5.10 Å². The van der Waals surface area contributed by atoms with Crippen molar-refractivity contribution in [3.8, 4) is 11.9 Å². The second-order valence-electron chi connectivity index (χ2n) is 11.4. The molecular formula is C28H39N5O5Si. The second-order valence-corrected chi connectivity index (χ2v) is 15.7. The van der Waals surface area contributed by atoms with Gasteiger partial charge in [0.1, 0.15) is 19.4 Å². The number of aryl methyl sites for hydroxylation is 1.